The lowest BCUT2D eigenvalue weighted by Gasteiger charge is -2.21. The number of nitrogens with one attached hydrogen (secondary N) is 1. The van der Waals surface area contributed by atoms with Crippen molar-refractivity contribution in [2.45, 2.75) is 13.5 Å². The van der Waals surface area contributed by atoms with Crippen molar-refractivity contribution in [3.8, 4) is 11.5 Å². The fourth-order valence-electron chi connectivity index (χ4n) is 2.71. The molecule has 30 heavy (non-hydrogen) atoms. The van der Waals surface area contributed by atoms with Gasteiger partial charge < -0.3 is 14.8 Å². The van der Waals surface area contributed by atoms with Crippen LogP contribution in [0.4, 0.5) is 5.69 Å². The number of ether oxygens (including phenoxy) is 2. The Labute approximate surface area is 178 Å². The number of anilines is 1. The third-order valence-corrected chi connectivity index (χ3v) is 4.74. The van der Waals surface area contributed by atoms with Gasteiger partial charge >= 0.3 is 0 Å². The molecule has 1 N–H and O–H groups in total. The highest BCUT2D eigenvalue weighted by Gasteiger charge is 2.22. The van der Waals surface area contributed by atoms with E-state index < -0.39 is 5.91 Å². The molecule has 0 aliphatic carbocycles. The molecule has 0 fully saturated rings. The van der Waals surface area contributed by atoms with Crippen LogP contribution in [0.15, 0.2) is 53.9 Å². The summed E-state index contributed by atoms with van der Waals surface area (Å²) < 4.78 is 14.3. The molecule has 0 saturated carbocycles. The molecule has 2 aromatic carbocycles. The number of hydrogen-bond donors (Lipinski definition) is 1. The zero-order valence-electron chi connectivity index (χ0n) is 16.7. The maximum Gasteiger partial charge on any atom is 0.280 e. The Kier molecular flexibility index (Phi) is 7.34. The van der Waals surface area contributed by atoms with Gasteiger partial charge in [0.05, 0.1) is 13.7 Å². The fourth-order valence-corrected chi connectivity index (χ4v) is 3.14. The number of hydrogen-bond acceptors (Lipinski definition) is 7. The van der Waals surface area contributed by atoms with Crippen LogP contribution >= 0.6 is 11.5 Å². The van der Waals surface area contributed by atoms with Crippen LogP contribution in [0.5, 0.6) is 11.5 Å². The van der Waals surface area contributed by atoms with Crippen molar-refractivity contribution < 1.29 is 19.1 Å². The van der Waals surface area contributed by atoms with Crippen LogP contribution < -0.4 is 19.7 Å². The van der Waals surface area contributed by atoms with E-state index >= 15 is 0 Å². The second-order valence-electron chi connectivity index (χ2n) is 6.23. The van der Waals surface area contributed by atoms with E-state index in [-0.39, 0.29) is 18.1 Å². The van der Waals surface area contributed by atoms with Crippen LogP contribution in [0.25, 0.3) is 0 Å². The Balaban J connectivity index is 1.71. The molecule has 0 saturated heterocycles. The minimum atomic E-state index is -0.396. The molecule has 9 heteroatoms. The van der Waals surface area contributed by atoms with Crippen LogP contribution in [-0.4, -0.2) is 41.7 Å². The summed E-state index contributed by atoms with van der Waals surface area (Å²) in [5, 5.41) is 8.23. The second-order valence-corrected chi connectivity index (χ2v) is 6.84. The van der Waals surface area contributed by atoms with E-state index in [1.54, 1.807) is 36.8 Å². The third kappa shape index (κ3) is 5.54. The zero-order valence-corrected chi connectivity index (χ0v) is 17.5. The average molecular weight is 426 g/mol. The maximum atomic E-state index is 12.9. The van der Waals surface area contributed by atoms with Gasteiger partial charge in [-0.1, -0.05) is 16.6 Å². The normalized spacial score (nSPS) is 10.3. The molecule has 0 spiro atoms. The quantitative estimate of drug-likeness (QED) is 0.566. The molecule has 0 aliphatic rings. The standard InChI is InChI=1S/C21H22N4O4S/c1-3-29-18-10-6-16(7-11-18)25(21(27)19-14-30-24-23-19)13-20(26)22-12-15-4-8-17(28-2)9-5-15/h4-11,14H,3,12-13H2,1-2H3,(H,22,26). The monoisotopic (exact) mass is 426 g/mol. The first-order valence-corrected chi connectivity index (χ1v) is 10.2. The van der Waals surface area contributed by atoms with Crippen molar-refractivity contribution >= 4 is 29.0 Å². The van der Waals surface area contributed by atoms with Gasteiger partial charge in [-0.15, -0.1) is 5.10 Å². The molecule has 3 aromatic rings. The van der Waals surface area contributed by atoms with Gasteiger partial charge in [-0.25, -0.2) is 0 Å². The number of rotatable bonds is 9. The zero-order chi connectivity index (χ0) is 21.3. The Morgan fingerprint density at radius 2 is 1.77 bits per heavy atom. The molecule has 0 unspecified atom stereocenters. The van der Waals surface area contributed by atoms with Gasteiger partial charge in [0, 0.05) is 17.6 Å². The summed E-state index contributed by atoms with van der Waals surface area (Å²) in [5.74, 6) is 0.742. The third-order valence-electron chi connectivity index (χ3n) is 4.23. The van der Waals surface area contributed by atoms with Crippen LogP contribution in [0.3, 0.4) is 0 Å². The van der Waals surface area contributed by atoms with Gasteiger partial charge in [-0.3, -0.25) is 14.5 Å². The molecule has 0 aliphatic heterocycles. The van der Waals surface area contributed by atoms with E-state index in [9.17, 15) is 9.59 Å². The number of carbonyl (C=O) groups is 2. The van der Waals surface area contributed by atoms with Gasteiger partial charge in [-0.2, -0.15) is 0 Å². The smallest absolute Gasteiger partial charge is 0.280 e. The highest BCUT2D eigenvalue weighted by atomic mass is 32.1. The van der Waals surface area contributed by atoms with E-state index in [1.165, 1.54) is 4.90 Å². The maximum absolute atomic E-state index is 12.9. The van der Waals surface area contributed by atoms with Crippen molar-refractivity contribution in [2.75, 3.05) is 25.2 Å². The Morgan fingerprint density at radius 1 is 1.07 bits per heavy atom. The molecule has 8 nitrogen and oxygen atoms in total. The largest absolute Gasteiger partial charge is 0.497 e. The molecular weight excluding hydrogens is 404 g/mol. The lowest BCUT2D eigenvalue weighted by atomic mass is 10.2. The first kappa shape index (κ1) is 21.3. The first-order valence-electron chi connectivity index (χ1n) is 9.32. The topological polar surface area (TPSA) is 93.7 Å². The molecule has 0 atom stereocenters. The van der Waals surface area contributed by atoms with E-state index in [1.807, 2.05) is 31.2 Å². The van der Waals surface area contributed by atoms with Gasteiger partial charge in [0.2, 0.25) is 5.91 Å². The van der Waals surface area contributed by atoms with Crippen molar-refractivity contribution in [3.05, 3.63) is 65.2 Å². The first-order chi connectivity index (χ1) is 14.6. The number of nitrogens with zero attached hydrogens (tertiary/aromatic N) is 3. The van der Waals surface area contributed by atoms with Gasteiger partial charge in [-0.05, 0) is 60.4 Å². The van der Waals surface area contributed by atoms with Gasteiger partial charge in [0.1, 0.15) is 18.0 Å². The van der Waals surface area contributed by atoms with Gasteiger partial charge in [0.15, 0.2) is 5.69 Å². The SMILES string of the molecule is CCOc1ccc(N(CC(=O)NCc2ccc(OC)cc2)C(=O)c2csnn2)cc1. The molecule has 1 aromatic heterocycles. The van der Waals surface area contributed by atoms with E-state index in [2.05, 4.69) is 14.9 Å². The molecule has 0 radical (unpaired) electrons. The Bertz CT molecular complexity index is 960. The summed E-state index contributed by atoms with van der Waals surface area (Å²) in [4.78, 5) is 26.9. The molecule has 1 heterocycles. The van der Waals surface area contributed by atoms with Crippen LogP contribution in [0, 0.1) is 0 Å². The summed E-state index contributed by atoms with van der Waals surface area (Å²) in [7, 11) is 1.60. The summed E-state index contributed by atoms with van der Waals surface area (Å²) in [5.41, 5.74) is 1.68. The molecule has 2 amide bonds. The number of benzene rings is 2. The Hall–Kier alpha value is -3.46. The van der Waals surface area contributed by atoms with E-state index in [0.29, 0.717) is 24.6 Å². The lowest BCUT2D eigenvalue weighted by molar-refractivity contribution is -0.119. The minimum Gasteiger partial charge on any atom is -0.497 e. The summed E-state index contributed by atoms with van der Waals surface area (Å²) >= 11 is 1.08. The Morgan fingerprint density at radius 3 is 2.37 bits per heavy atom. The van der Waals surface area contributed by atoms with Crippen molar-refractivity contribution in [1.29, 1.82) is 0 Å². The molecule has 156 valence electrons. The highest BCUT2D eigenvalue weighted by molar-refractivity contribution is 7.03. The predicted molar refractivity (Wildman–Crippen MR) is 114 cm³/mol. The molecular formula is C21H22N4O4S. The number of aromatic nitrogens is 2. The summed E-state index contributed by atoms with van der Waals surface area (Å²) in [6, 6.07) is 14.4. The number of amides is 2. The fraction of sp³-hybridized carbons (Fsp3) is 0.238. The average Bonchev–Trinajstić information content (AvgIpc) is 3.32. The van der Waals surface area contributed by atoms with E-state index in [0.717, 1.165) is 22.8 Å². The second kappa shape index (κ2) is 10.4. The summed E-state index contributed by atoms with van der Waals surface area (Å²) in [6.45, 7) is 2.62. The van der Waals surface area contributed by atoms with Crippen molar-refractivity contribution in [3.63, 3.8) is 0 Å². The molecule has 0 bridgehead atoms. The van der Waals surface area contributed by atoms with Crippen molar-refractivity contribution in [1.82, 2.24) is 14.9 Å². The highest BCUT2D eigenvalue weighted by Crippen LogP contribution is 2.21. The van der Waals surface area contributed by atoms with Crippen LogP contribution in [0.2, 0.25) is 0 Å². The lowest BCUT2D eigenvalue weighted by Crippen LogP contribution is -2.40. The van der Waals surface area contributed by atoms with Crippen LogP contribution in [0.1, 0.15) is 23.0 Å². The van der Waals surface area contributed by atoms with Crippen molar-refractivity contribution in [2.24, 2.45) is 0 Å². The predicted octanol–water partition coefficient (Wildman–Crippen LogP) is 2.91. The van der Waals surface area contributed by atoms with Gasteiger partial charge in [0.25, 0.3) is 5.91 Å². The molecule has 3 rings (SSSR count). The number of carbonyl (C=O) groups excluding carboxylic acids is 2. The minimum absolute atomic E-state index is 0.152. The number of methoxy groups -OCH3 is 1. The van der Waals surface area contributed by atoms with Crippen LogP contribution in [-0.2, 0) is 11.3 Å². The van der Waals surface area contributed by atoms with E-state index in [4.69, 9.17) is 9.47 Å². The summed E-state index contributed by atoms with van der Waals surface area (Å²) in [6.07, 6.45) is 0.